The van der Waals surface area contributed by atoms with Crippen LogP contribution in [-0.2, 0) is 0 Å². The van der Waals surface area contributed by atoms with Gasteiger partial charge in [0.15, 0.2) is 5.82 Å². The van der Waals surface area contributed by atoms with E-state index in [1.54, 1.807) is 12.4 Å². The van der Waals surface area contributed by atoms with E-state index in [2.05, 4.69) is 40.3 Å². The maximum absolute atomic E-state index is 8.51. The molecule has 188 valence electrons. The van der Waals surface area contributed by atoms with E-state index in [0.717, 1.165) is 44.3 Å². The zero-order valence-electron chi connectivity index (χ0n) is 26.4. The van der Waals surface area contributed by atoms with Crippen molar-refractivity contribution in [3.05, 3.63) is 152 Å². The Morgan fingerprint density at radius 2 is 1.23 bits per heavy atom. The maximum Gasteiger partial charge on any atom is 0.159 e. The highest BCUT2D eigenvalue weighted by atomic mass is 14.9. The van der Waals surface area contributed by atoms with Crippen molar-refractivity contribution in [1.82, 2.24) is 15.0 Å². The first-order chi connectivity index (χ1) is 21.9. The molecule has 0 fully saturated rings. The lowest BCUT2D eigenvalue weighted by Gasteiger charge is -2.13. The Bertz CT molecular complexity index is 2190. The molecule has 7 aromatic rings. The summed E-state index contributed by atoms with van der Waals surface area (Å²) in [5, 5.41) is 2.34. The van der Waals surface area contributed by atoms with Gasteiger partial charge in [-0.25, -0.2) is 9.97 Å². The first kappa shape index (κ1) is 18.8. The second-order valence-corrected chi connectivity index (χ2v) is 9.42. The number of nitrogens with zero attached hydrogens (tertiary/aromatic N) is 3. The zero-order chi connectivity index (χ0) is 31.1. The molecule has 0 saturated carbocycles. The molecule has 5 aromatic carbocycles. The van der Waals surface area contributed by atoms with Crippen LogP contribution in [0, 0.1) is 0 Å². The van der Waals surface area contributed by atoms with Crippen molar-refractivity contribution >= 4 is 10.8 Å². The Morgan fingerprint density at radius 1 is 0.500 bits per heavy atom. The smallest absolute Gasteiger partial charge is 0.159 e. The molecule has 0 bridgehead atoms. The second kappa shape index (κ2) is 10.4. The summed E-state index contributed by atoms with van der Waals surface area (Å²) in [5.74, 6) is 0.0627. The molecule has 0 aliphatic carbocycles. The third-order valence-corrected chi connectivity index (χ3v) is 6.92. The maximum atomic E-state index is 8.51. The molecule has 40 heavy (non-hydrogen) atoms. The topological polar surface area (TPSA) is 38.7 Å². The van der Waals surface area contributed by atoms with Crippen LogP contribution < -0.4 is 0 Å². The third-order valence-electron chi connectivity index (χ3n) is 6.92. The molecule has 2 heterocycles. The second-order valence-electron chi connectivity index (χ2n) is 9.42. The van der Waals surface area contributed by atoms with Gasteiger partial charge >= 0.3 is 0 Å². The predicted octanol–water partition coefficient (Wildman–Crippen LogP) is 9.36. The molecule has 0 spiro atoms. The van der Waals surface area contributed by atoms with Crippen LogP contribution in [0.1, 0.15) is 6.85 Å². The molecular weight excluding hydrogens is 486 g/mol. The molecule has 0 unspecified atom stereocenters. The fraction of sp³-hybridized carbons (Fsp3) is 0. The van der Waals surface area contributed by atoms with Crippen LogP contribution in [0.4, 0.5) is 0 Å². The monoisotopic (exact) mass is 516 g/mol. The fourth-order valence-corrected chi connectivity index (χ4v) is 4.88. The van der Waals surface area contributed by atoms with Crippen LogP contribution in [0.3, 0.4) is 0 Å². The molecule has 0 radical (unpaired) electrons. The van der Waals surface area contributed by atoms with Gasteiger partial charge in [-0.1, -0.05) is 115 Å². The van der Waals surface area contributed by atoms with Crippen LogP contribution in [-0.4, -0.2) is 15.0 Å². The van der Waals surface area contributed by atoms with Crippen LogP contribution in [0.2, 0.25) is 0 Å². The highest BCUT2D eigenvalue weighted by molar-refractivity contribution is 5.88. The molecule has 3 nitrogen and oxygen atoms in total. The quantitative estimate of drug-likeness (QED) is 0.229. The number of aromatic nitrogens is 3. The van der Waals surface area contributed by atoms with Crippen molar-refractivity contribution in [3.63, 3.8) is 0 Å². The van der Waals surface area contributed by atoms with Crippen molar-refractivity contribution < 1.29 is 6.85 Å². The lowest BCUT2D eigenvalue weighted by Crippen LogP contribution is -1.96. The van der Waals surface area contributed by atoms with E-state index >= 15 is 0 Å². The van der Waals surface area contributed by atoms with Crippen molar-refractivity contribution in [2.45, 2.75) is 0 Å². The van der Waals surface area contributed by atoms with E-state index in [1.165, 1.54) is 5.39 Å². The fourth-order valence-electron chi connectivity index (χ4n) is 4.88. The highest BCUT2D eigenvalue weighted by Gasteiger charge is 2.14. The summed E-state index contributed by atoms with van der Waals surface area (Å²) in [6, 6.07) is 32.6. The van der Waals surface area contributed by atoms with Crippen LogP contribution in [0.25, 0.3) is 66.8 Å². The number of hydrogen-bond donors (Lipinski definition) is 0. The number of hydrogen-bond acceptors (Lipinski definition) is 3. The molecular formula is C37H25N3. The Labute approximate surface area is 240 Å². The third kappa shape index (κ3) is 4.65. The number of pyridine rings is 1. The summed E-state index contributed by atoms with van der Waals surface area (Å²) in [6.45, 7) is 0. The molecule has 0 saturated heterocycles. The number of benzene rings is 5. The molecule has 0 atom stereocenters. The SMILES string of the molecule is [2H]c1c([2H])c([2H])c(-c2ncc(-c3cccc(-c4cccnc4)c3)c(-c3ccc(-c4ccc5ccccc5c4)cc3)n2)c([2H])c1[2H]. The first-order valence-electron chi connectivity index (χ1n) is 15.4. The van der Waals surface area contributed by atoms with Crippen molar-refractivity contribution in [2.24, 2.45) is 0 Å². The summed E-state index contributed by atoms with van der Waals surface area (Å²) in [6.07, 6.45) is 5.21. The lowest BCUT2D eigenvalue weighted by atomic mass is 9.95. The summed E-state index contributed by atoms with van der Waals surface area (Å²) < 4.78 is 41.4. The van der Waals surface area contributed by atoms with Gasteiger partial charge in [0.1, 0.15) is 0 Å². The van der Waals surface area contributed by atoms with Gasteiger partial charge in [-0.3, -0.25) is 4.98 Å². The van der Waals surface area contributed by atoms with Gasteiger partial charge in [0, 0.05) is 40.8 Å². The molecule has 0 amide bonds. The van der Waals surface area contributed by atoms with E-state index in [0.29, 0.717) is 5.69 Å². The minimum atomic E-state index is -0.456. The Kier molecular flexibility index (Phi) is 4.88. The van der Waals surface area contributed by atoms with Gasteiger partial charge in [-0.15, -0.1) is 0 Å². The number of rotatable bonds is 5. The van der Waals surface area contributed by atoms with E-state index in [-0.39, 0.29) is 23.5 Å². The molecule has 0 N–H and O–H groups in total. The van der Waals surface area contributed by atoms with Gasteiger partial charge in [-0.05, 0) is 51.2 Å². The van der Waals surface area contributed by atoms with E-state index < -0.39 is 18.1 Å². The van der Waals surface area contributed by atoms with Crippen LogP contribution in [0.5, 0.6) is 0 Å². The van der Waals surface area contributed by atoms with Gasteiger partial charge in [0.05, 0.1) is 12.5 Å². The van der Waals surface area contributed by atoms with Crippen molar-refractivity contribution in [3.8, 4) is 56.0 Å². The van der Waals surface area contributed by atoms with Gasteiger partial charge < -0.3 is 0 Å². The Balaban J connectivity index is 1.39. The van der Waals surface area contributed by atoms with Crippen molar-refractivity contribution in [2.75, 3.05) is 0 Å². The van der Waals surface area contributed by atoms with E-state index in [4.69, 9.17) is 11.8 Å². The Hall–Kier alpha value is -5.41. The summed E-state index contributed by atoms with van der Waals surface area (Å²) in [4.78, 5) is 13.7. The Morgan fingerprint density at radius 3 is 2.05 bits per heavy atom. The van der Waals surface area contributed by atoms with Gasteiger partial charge in [0.2, 0.25) is 0 Å². The van der Waals surface area contributed by atoms with Crippen LogP contribution in [0.15, 0.2) is 152 Å². The lowest BCUT2D eigenvalue weighted by molar-refractivity contribution is 1.18. The average Bonchev–Trinajstić information content (AvgIpc) is 3.10. The van der Waals surface area contributed by atoms with E-state index in [1.807, 2.05) is 79.0 Å². The van der Waals surface area contributed by atoms with Gasteiger partial charge in [0.25, 0.3) is 0 Å². The largest absolute Gasteiger partial charge is 0.264 e. The molecule has 0 aliphatic heterocycles. The molecule has 7 rings (SSSR count). The predicted molar refractivity (Wildman–Crippen MR) is 165 cm³/mol. The average molecular weight is 517 g/mol. The summed E-state index contributed by atoms with van der Waals surface area (Å²) in [7, 11) is 0. The first-order valence-corrected chi connectivity index (χ1v) is 12.9. The van der Waals surface area contributed by atoms with Crippen LogP contribution >= 0.6 is 0 Å². The zero-order valence-corrected chi connectivity index (χ0v) is 21.4. The molecule has 2 aromatic heterocycles. The summed E-state index contributed by atoms with van der Waals surface area (Å²) in [5.41, 5.74) is 7.05. The molecule has 0 aliphatic rings. The molecule has 3 heteroatoms. The normalized spacial score (nSPS) is 12.8. The summed E-state index contributed by atoms with van der Waals surface area (Å²) >= 11 is 0. The minimum absolute atomic E-state index is 0.0364. The van der Waals surface area contributed by atoms with E-state index in [9.17, 15) is 0 Å². The van der Waals surface area contributed by atoms with Gasteiger partial charge in [-0.2, -0.15) is 0 Å². The van der Waals surface area contributed by atoms with Crippen molar-refractivity contribution in [1.29, 1.82) is 0 Å². The highest BCUT2D eigenvalue weighted by Crippen LogP contribution is 2.35. The minimum Gasteiger partial charge on any atom is -0.264 e. The number of fused-ring (bicyclic) bond motifs is 1. The standard InChI is InChI=1S/C37H25N3/c1-2-9-29(10-3-1)37-39-25-35(33-13-6-12-31(23-33)34-14-7-21-38-24-34)36(40-37)28-18-15-27(16-19-28)32-20-17-26-8-4-5-11-30(26)22-32/h1-25H/i1D,2D,3D,9D,10D.